The maximum Gasteiger partial charge on any atom is 0.416 e. The van der Waals surface area contributed by atoms with Crippen LogP contribution in [0.5, 0.6) is 0 Å². The van der Waals surface area contributed by atoms with Crippen molar-refractivity contribution in [1.82, 2.24) is 15.1 Å². The van der Waals surface area contributed by atoms with Crippen molar-refractivity contribution in [3.05, 3.63) is 69.8 Å². The predicted molar refractivity (Wildman–Crippen MR) is 122 cm³/mol. The molecule has 0 aliphatic carbocycles. The number of nitrogens with zero attached hydrogens (tertiary/aromatic N) is 3. The normalized spacial score (nSPS) is 17.1. The molecule has 3 aromatic rings. The van der Waals surface area contributed by atoms with E-state index in [2.05, 4.69) is 15.4 Å². The van der Waals surface area contributed by atoms with Gasteiger partial charge in [-0.25, -0.2) is 0 Å². The lowest BCUT2D eigenvalue weighted by Gasteiger charge is -2.16. The lowest BCUT2D eigenvalue weighted by Crippen LogP contribution is -2.19. The Balaban J connectivity index is 1.62. The summed E-state index contributed by atoms with van der Waals surface area (Å²) in [5, 5.41) is 7.93. The molecule has 1 aliphatic rings. The molecule has 0 unspecified atom stereocenters. The third-order valence-corrected chi connectivity index (χ3v) is 6.10. The SMILES string of the molecule is CCCN=C1NC(=O)/C(=C/c2ccc3c(cnn3Cc3ccc(C(F)(F)F)cc3C(F)(F)F)c2)S1. The Bertz CT molecular complexity index is 1340. The standard InChI is InChI=1S/C23H18F6N4OS/c1-2-7-30-21-32-20(34)19(35-21)9-13-3-6-18-15(8-13)11-31-33(18)12-14-4-5-16(22(24,25)26)10-17(14)23(27,28)29/h3-6,8-11H,2,7,12H2,1H3,(H,30,32,34)/b19-9-. The van der Waals surface area contributed by atoms with Gasteiger partial charge in [0.05, 0.1) is 34.3 Å². The fourth-order valence-electron chi connectivity index (χ4n) is 3.50. The van der Waals surface area contributed by atoms with Crippen molar-refractivity contribution in [2.24, 2.45) is 4.99 Å². The van der Waals surface area contributed by atoms with Gasteiger partial charge in [-0.2, -0.15) is 31.4 Å². The number of amides is 1. The van der Waals surface area contributed by atoms with Crippen molar-refractivity contribution in [2.75, 3.05) is 6.54 Å². The Morgan fingerprint density at radius 2 is 1.86 bits per heavy atom. The summed E-state index contributed by atoms with van der Waals surface area (Å²) in [5.41, 5.74) is -1.89. The first-order valence-electron chi connectivity index (χ1n) is 10.4. The highest BCUT2D eigenvalue weighted by atomic mass is 32.2. The summed E-state index contributed by atoms with van der Waals surface area (Å²) in [5.74, 6) is -0.275. The molecule has 35 heavy (non-hydrogen) atoms. The number of aromatic nitrogens is 2. The first-order chi connectivity index (χ1) is 16.5. The van der Waals surface area contributed by atoms with E-state index in [-0.39, 0.29) is 24.1 Å². The van der Waals surface area contributed by atoms with E-state index in [0.717, 1.165) is 12.5 Å². The summed E-state index contributed by atoms with van der Waals surface area (Å²) in [6, 6.07) is 6.61. The van der Waals surface area contributed by atoms with Crippen molar-refractivity contribution < 1.29 is 31.1 Å². The van der Waals surface area contributed by atoms with Crippen LogP contribution in [0.15, 0.2) is 52.5 Å². The molecule has 0 spiro atoms. The molecule has 5 nitrogen and oxygen atoms in total. The van der Waals surface area contributed by atoms with Gasteiger partial charge in [0.25, 0.3) is 5.91 Å². The first kappa shape index (κ1) is 24.8. The molecule has 4 rings (SSSR count). The van der Waals surface area contributed by atoms with E-state index in [1.165, 1.54) is 22.6 Å². The van der Waals surface area contributed by atoms with Crippen LogP contribution in [0.2, 0.25) is 0 Å². The maximum atomic E-state index is 13.5. The van der Waals surface area contributed by atoms with Gasteiger partial charge < -0.3 is 5.32 Å². The molecule has 2 heterocycles. The lowest BCUT2D eigenvalue weighted by molar-refractivity contribution is -0.143. The average molecular weight is 512 g/mol. The lowest BCUT2D eigenvalue weighted by atomic mass is 10.0. The number of carbonyl (C=O) groups excluding carboxylic acids is 1. The van der Waals surface area contributed by atoms with Crippen LogP contribution in [0, 0.1) is 0 Å². The first-order valence-corrected chi connectivity index (χ1v) is 11.3. The smallest absolute Gasteiger partial charge is 0.301 e. The van der Waals surface area contributed by atoms with Crippen LogP contribution < -0.4 is 5.32 Å². The van der Waals surface area contributed by atoms with Crippen molar-refractivity contribution >= 4 is 39.8 Å². The monoisotopic (exact) mass is 512 g/mol. The summed E-state index contributed by atoms with van der Waals surface area (Å²) in [7, 11) is 0. The molecular formula is C23H18F6N4OS. The van der Waals surface area contributed by atoms with E-state index in [1.807, 2.05) is 6.92 Å². The van der Waals surface area contributed by atoms with Gasteiger partial charge >= 0.3 is 12.4 Å². The minimum atomic E-state index is -4.96. The summed E-state index contributed by atoms with van der Waals surface area (Å²) in [6.07, 6.45) is -5.89. The molecular weight excluding hydrogens is 494 g/mol. The summed E-state index contributed by atoms with van der Waals surface area (Å²) in [6.45, 7) is 2.20. The van der Waals surface area contributed by atoms with E-state index in [0.29, 0.717) is 39.2 Å². The molecule has 1 fully saturated rings. The van der Waals surface area contributed by atoms with E-state index in [9.17, 15) is 31.1 Å². The van der Waals surface area contributed by atoms with E-state index >= 15 is 0 Å². The molecule has 12 heteroatoms. The highest BCUT2D eigenvalue weighted by Gasteiger charge is 2.38. The van der Waals surface area contributed by atoms with Crippen LogP contribution in [-0.2, 0) is 23.7 Å². The molecule has 2 aromatic carbocycles. The number of carbonyl (C=O) groups is 1. The number of halogens is 6. The van der Waals surface area contributed by atoms with Crippen LogP contribution in [0.3, 0.4) is 0 Å². The Labute approximate surface area is 199 Å². The topological polar surface area (TPSA) is 59.3 Å². The number of nitrogens with one attached hydrogen (secondary N) is 1. The molecule has 1 aromatic heterocycles. The molecule has 1 aliphatic heterocycles. The number of fused-ring (bicyclic) bond motifs is 1. The predicted octanol–water partition coefficient (Wildman–Crippen LogP) is 6.09. The zero-order valence-electron chi connectivity index (χ0n) is 18.2. The Hall–Kier alpha value is -3.28. The number of rotatable bonds is 5. The summed E-state index contributed by atoms with van der Waals surface area (Å²) >= 11 is 1.22. The molecule has 0 saturated carbocycles. The molecule has 1 saturated heterocycles. The Morgan fingerprint density at radius 3 is 2.54 bits per heavy atom. The second-order valence-corrected chi connectivity index (χ2v) is 8.77. The van der Waals surface area contributed by atoms with E-state index in [4.69, 9.17) is 0 Å². The average Bonchev–Trinajstić information content (AvgIpc) is 3.33. The van der Waals surface area contributed by atoms with E-state index in [1.54, 1.807) is 24.3 Å². The van der Waals surface area contributed by atoms with Gasteiger partial charge in [0.1, 0.15) is 0 Å². The van der Waals surface area contributed by atoms with Crippen molar-refractivity contribution in [1.29, 1.82) is 0 Å². The number of hydrogen-bond acceptors (Lipinski definition) is 4. The Kier molecular flexibility index (Phi) is 6.67. The number of amidine groups is 1. The van der Waals surface area contributed by atoms with Crippen LogP contribution in [0.1, 0.15) is 35.6 Å². The van der Waals surface area contributed by atoms with Gasteiger partial charge in [0, 0.05) is 11.9 Å². The van der Waals surface area contributed by atoms with Gasteiger partial charge in [-0.1, -0.05) is 19.1 Å². The highest BCUT2D eigenvalue weighted by molar-refractivity contribution is 8.18. The zero-order chi connectivity index (χ0) is 25.4. The van der Waals surface area contributed by atoms with Crippen LogP contribution in [-0.4, -0.2) is 27.4 Å². The Morgan fingerprint density at radius 1 is 1.09 bits per heavy atom. The molecule has 1 N–H and O–H groups in total. The molecule has 0 atom stereocenters. The van der Waals surface area contributed by atoms with Gasteiger partial charge in [-0.05, 0) is 59.7 Å². The fourth-order valence-corrected chi connectivity index (χ4v) is 4.35. The highest BCUT2D eigenvalue weighted by Crippen LogP contribution is 2.38. The number of benzene rings is 2. The van der Waals surface area contributed by atoms with Crippen molar-refractivity contribution in [3.63, 3.8) is 0 Å². The van der Waals surface area contributed by atoms with Gasteiger partial charge in [0.15, 0.2) is 5.17 Å². The van der Waals surface area contributed by atoms with Crippen LogP contribution in [0.25, 0.3) is 17.0 Å². The molecule has 0 bridgehead atoms. The van der Waals surface area contributed by atoms with Gasteiger partial charge in [-0.15, -0.1) is 0 Å². The van der Waals surface area contributed by atoms with Gasteiger partial charge in [-0.3, -0.25) is 14.5 Å². The zero-order valence-corrected chi connectivity index (χ0v) is 19.0. The second-order valence-electron chi connectivity index (χ2n) is 7.74. The van der Waals surface area contributed by atoms with E-state index < -0.39 is 23.5 Å². The molecule has 184 valence electrons. The van der Waals surface area contributed by atoms with Crippen LogP contribution >= 0.6 is 11.8 Å². The quantitative estimate of drug-likeness (QED) is 0.332. The molecule has 1 amide bonds. The van der Waals surface area contributed by atoms with Crippen molar-refractivity contribution in [2.45, 2.75) is 32.2 Å². The fraction of sp³-hybridized carbons (Fsp3) is 0.261. The van der Waals surface area contributed by atoms with Gasteiger partial charge in [0.2, 0.25) is 0 Å². The minimum absolute atomic E-state index is 0.119. The number of hydrogen-bond donors (Lipinski definition) is 1. The maximum absolute atomic E-state index is 13.5. The number of thioether (sulfide) groups is 1. The summed E-state index contributed by atoms with van der Waals surface area (Å²) in [4.78, 5) is 16.9. The minimum Gasteiger partial charge on any atom is -0.301 e. The number of aliphatic imine (C=N–C) groups is 1. The number of alkyl halides is 6. The third-order valence-electron chi connectivity index (χ3n) is 5.16. The largest absolute Gasteiger partial charge is 0.416 e. The molecule has 0 radical (unpaired) electrons. The van der Waals surface area contributed by atoms with Crippen LogP contribution in [0.4, 0.5) is 26.3 Å². The summed E-state index contributed by atoms with van der Waals surface area (Å²) < 4.78 is 80.6. The van der Waals surface area contributed by atoms with Crippen molar-refractivity contribution in [3.8, 4) is 0 Å². The second kappa shape index (κ2) is 9.40. The third kappa shape index (κ3) is 5.53.